The second-order valence-electron chi connectivity index (χ2n) is 5.37. The Hall–Kier alpha value is -0.120. The second kappa shape index (κ2) is 5.99. The molecule has 0 aromatic heterocycles. The molecule has 1 aliphatic rings. The Morgan fingerprint density at radius 2 is 2.06 bits per heavy atom. The van der Waals surface area contributed by atoms with Crippen LogP contribution in [0.2, 0.25) is 0 Å². The minimum Gasteiger partial charge on any atom is -0.378 e. The summed E-state index contributed by atoms with van der Waals surface area (Å²) in [6, 6.07) is 1.16. The summed E-state index contributed by atoms with van der Waals surface area (Å²) in [6.07, 6.45) is 1.18. The van der Waals surface area contributed by atoms with Gasteiger partial charge in [-0.1, -0.05) is 13.8 Å². The number of likely N-dealkylation sites (N-methyl/N-ethyl adjacent to an activating group) is 1. The van der Waals surface area contributed by atoms with Gasteiger partial charge in [-0.3, -0.25) is 4.90 Å². The van der Waals surface area contributed by atoms with Crippen LogP contribution in [0.15, 0.2) is 0 Å². The summed E-state index contributed by atoms with van der Waals surface area (Å²) in [4.78, 5) is 2.59. The molecule has 96 valence electrons. The van der Waals surface area contributed by atoms with Crippen LogP contribution in [-0.4, -0.2) is 48.8 Å². The lowest BCUT2D eigenvalue weighted by Gasteiger charge is -2.47. The number of nitrogens with one attached hydrogen (secondary N) is 1. The van der Waals surface area contributed by atoms with Gasteiger partial charge in [-0.05, 0) is 33.7 Å². The van der Waals surface area contributed by atoms with Gasteiger partial charge < -0.3 is 10.1 Å². The Morgan fingerprint density at radius 1 is 1.38 bits per heavy atom. The first-order valence-electron chi connectivity index (χ1n) is 6.60. The molecule has 0 radical (unpaired) electrons. The highest BCUT2D eigenvalue weighted by Crippen LogP contribution is 2.23. The maximum Gasteiger partial charge on any atom is 0.0645 e. The van der Waals surface area contributed by atoms with Crippen molar-refractivity contribution in [1.29, 1.82) is 0 Å². The minimum atomic E-state index is 0.167. The van der Waals surface area contributed by atoms with Crippen molar-refractivity contribution in [2.24, 2.45) is 0 Å². The van der Waals surface area contributed by atoms with Gasteiger partial charge in [0.25, 0.3) is 0 Å². The van der Waals surface area contributed by atoms with E-state index >= 15 is 0 Å². The summed E-state index contributed by atoms with van der Waals surface area (Å²) in [5.41, 5.74) is 0.167. The average Bonchev–Trinajstić information content (AvgIpc) is 2.24. The topological polar surface area (TPSA) is 24.5 Å². The molecule has 0 aromatic carbocycles. The van der Waals surface area contributed by atoms with E-state index in [1.165, 1.54) is 6.42 Å². The Kier molecular flexibility index (Phi) is 5.22. The molecule has 1 saturated heterocycles. The molecule has 3 nitrogen and oxygen atoms in total. The van der Waals surface area contributed by atoms with Crippen molar-refractivity contribution in [3.63, 3.8) is 0 Å². The van der Waals surface area contributed by atoms with E-state index in [2.05, 4.69) is 44.8 Å². The van der Waals surface area contributed by atoms with E-state index < -0.39 is 0 Å². The van der Waals surface area contributed by atoms with E-state index in [9.17, 15) is 0 Å². The summed E-state index contributed by atoms with van der Waals surface area (Å²) in [5.74, 6) is 0. The zero-order valence-corrected chi connectivity index (χ0v) is 11.5. The van der Waals surface area contributed by atoms with Gasteiger partial charge in [0.05, 0.1) is 13.2 Å². The predicted molar refractivity (Wildman–Crippen MR) is 68.8 cm³/mol. The second-order valence-corrected chi connectivity index (χ2v) is 5.37. The molecular weight excluding hydrogens is 200 g/mol. The quantitative estimate of drug-likeness (QED) is 0.777. The highest BCUT2D eigenvalue weighted by Gasteiger charge is 2.35. The van der Waals surface area contributed by atoms with E-state index in [0.717, 1.165) is 26.3 Å². The molecule has 1 fully saturated rings. The summed E-state index contributed by atoms with van der Waals surface area (Å²) in [6.45, 7) is 15.2. The van der Waals surface area contributed by atoms with Crippen molar-refractivity contribution < 1.29 is 4.74 Å². The molecular formula is C13H28N2O. The first-order valence-corrected chi connectivity index (χ1v) is 6.60. The number of rotatable bonds is 5. The molecule has 0 aromatic rings. The van der Waals surface area contributed by atoms with Crippen LogP contribution in [-0.2, 0) is 4.74 Å². The first kappa shape index (κ1) is 13.9. The summed E-state index contributed by atoms with van der Waals surface area (Å²) in [7, 11) is 0. The van der Waals surface area contributed by atoms with Gasteiger partial charge >= 0.3 is 0 Å². The maximum atomic E-state index is 5.58. The molecule has 1 rings (SSSR count). The number of ether oxygens (including phenoxy) is 1. The third kappa shape index (κ3) is 3.19. The van der Waals surface area contributed by atoms with Gasteiger partial charge in [-0.15, -0.1) is 0 Å². The number of nitrogens with zero attached hydrogens (tertiary/aromatic N) is 1. The summed E-state index contributed by atoms with van der Waals surface area (Å²) >= 11 is 0. The molecule has 0 bridgehead atoms. The largest absolute Gasteiger partial charge is 0.378 e. The SMILES string of the molecule is CCNC(CC)C(C)N1CCOCC1(C)C. The first-order chi connectivity index (χ1) is 7.53. The van der Waals surface area contributed by atoms with E-state index in [0.29, 0.717) is 12.1 Å². The summed E-state index contributed by atoms with van der Waals surface area (Å²) in [5, 5.41) is 3.58. The van der Waals surface area contributed by atoms with Crippen molar-refractivity contribution >= 4 is 0 Å². The average molecular weight is 228 g/mol. The van der Waals surface area contributed by atoms with Crippen LogP contribution in [0.4, 0.5) is 0 Å². The molecule has 1 aliphatic heterocycles. The van der Waals surface area contributed by atoms with Crippen LogP contribution in [0.25, 0.3) is 0 Å². The van der Waals surface area contributed by atoms with Crippen molar-refractivity contribution in [2.45, 2.75) is 58.7 Å². The third-order valence-electron chi connectivity index (χ3n) is 3.69. The molecule has 1 N–H and O–H groups in total. The fourth-order valence-electron chi connectivity index (χ4n) is 2.76. The maximum absolute atomic E-state index is 5.58. The van der Waals surface area contributed by atoms with Gasteiger partial charge in [0, 0.05) is 24.2 Å². The lowest BCUT2D eigenvalue weighted by atomic mass is 9.96. The van der Waals surface area contributed by atoms with Crippen LogP contribution < -0.4 is 5.32 Å². The summed E-state index contributed by atoms with van der Waals surface area (Å²) < 4.78 is 5.58. The molecule has 1 heterocycles. The van der Waals surface area contributed by atoms with Crippen LogP contribution in [0, 0.1) is 0 Å². The lowest BCUT2D eigenvalue weighted by Crippen LogP contribution is -2.61. The highest BCUT2D eigenvalue weighted by atomic mass is 16.5. The van der Waals surface area contributed by atoms with Gasteiger partial charge in [0.15, 0.2) is 0 Å². The molecule has 0 saturated carbocycles. The van der Waals surface area contributed by atoms with Crippen LogP contribution in [0.3, 0.4) is 0 Å². The molecule has 16 heavy (non-hydrogen) atoms. The minimum absolute atomic E-state index is 0.167. The Balaban J connectivity index is 2.65. The van der Waals surface area contributed by atoms with Crippen LogP contribution in [0.5, 0.6) is 0 Å². The van der Waals surface area contributed by atoms with Crippen LogP contribution in [0.1, 0.15) is 41.0 Å². The van der Waals surface area contributed by atoms with Gasteiger partial charge in [-0.25, -0.2) is 0 Å². The fourth-order valence-corrected chi connectivity index (χ4v) is 2.76. The van der Waals surface area contributed by atoms with Crippen LogP contribution >= 0.6 is 0 Å². The molecule has 3 heteroatoms. The zero-order valence-electron chi connectivity index (χ0n) is 11.5. The van der Waals surface area contributed by atoms with Crippen molar-refractivity contribution in [2.75, 3.05) is 26.3 Å². The molecule has 0 spiro atoms. The van der Waals surface area contributed by atoms with Gasteiger partial charge in [0.2, 0.25) is 0 Å². The molecule has 2 unspecified atom stereocenters. The Bertz CT molecular complexity index is 206. The predicted octanol–water partition coefficient (Wildman–Crippen LogP) is 1.87. The number of hydrogen-bond acceptors (Lipinski definition) is 3. The third-order valence-corrected chi connectivity index (χ3v) is 3.69. The zero-order chi connectivity index (χ0) is 12.2. The fraction of sp³-hybridized carbons (Fsp3) is 1.00. The van der Waals surface area contributed by atoms with Gasteiger partial charge in [-0.2, -0.15) is 0 Å². The Labute approximate surface area is 101 Å². The van der Waals surface area contributed by atoms with Crippen molar-refractivity contribution in [1.82, 2.24) is 10.2 Å². The Morgan fingerprint density at radius 3 is 2.56 bits per heavy atom. The normalized spacial score (nSPS) is 25.3. The van der Waals surface area contributed by atoms with E-state index in [4.69, 9.17) is 4.74 Å². The lowest BCUT2D eigenvalue weighted by molar-refractivity contribution is -0.0749. The van der Waals surface area contributed by atoms with E-state index in [1.54, 1.807) is 0 Å². The van der Waals surface area contributed by atoms with E-state index in [-0.39, 0.29) is 5.54 Å². The molecule has 0 amide bonds. The van der Waals surface area contributed by atoms with Crippen molar-refractivity contribution in [3.05, 3.63) is 0 Å². The smallest absolute Gasteiger partial charge is 0.0645 e. The standard InChI is InChI=1S/C13H28N2O/c1-6-12(14-7-2)11(3)15-8-9-16-10-13(15,4)5/h11-12,14H,6-10H2,1-5H3. The van der Waals surface area contributed by atoms with Crippen molar-refractivity contribution in [3.8, 4) is 0 Å². The molecule has 0 aliphatic carbocycles. The highest BCUT2D eigenvalue weighted by molar-refractivity contribution is 4.91. The number of morpholine rings is 1. The molecule has 2 atom stereocenters. The van der Waals surface area contributed by atoms with E-state index in [1.807, 2.05) is 0 Å². The monoisotopic (exact) mass is 228 g/mol. The number of hydrogen-bond donors (Lipinski definition) is 1. The van der Waals surface area contributed by atoms with Gasteiger partial charge in [0.1, 0.15) is 0 Å².